The molecule has 2 aromatic heterocycles. The van der Waals surface area contributed by atoms with E-state index in [2.05, 4.69) is 25.0 Å². The van der Waals surface area contributed by atoms with Crippen molar-refractivity contribution in [2.45, 2.75) is 75.4 Å². The molecule has 47 heavy (non-hydrogen) atoms. The van der Waals surface area contributed by atoms with Gasteiger partial charge in [0.1, 0.15) is 35.7 Å². The van der Waals surface area contributed by atoms with E-state index in [4.69, 9.17) is 10.5 Å². The van der Waals surface area contributed by atoms with Crippen LogP contribution in [0.25, 0.3) is 22.2 Å². The van der Waals surface area contributed by atoms with Crippen LogP contribution in [0.3, 0.4) is 0 Å². The second-order valence-corrected chi connectivity index (χ2v) is 12.8. The van der Waals surface area contributed by atoms with Gasteiger partial charge in [0, 0.05) is 43.5 Å². The van der Waals surface area contributed by atoms with Gasteiger partial charge in [-0.25, -0.2) is 13.8 Å². The quantitative estimate of drug-likeness (QED) is 0.327. The van der Waals surface area contributed by atoms with E-state index in [-0.39, 0.29) is 48.9 Å². The number of nitrogen functional groups attached to an aromatic ring is 1. The maximum atomic E-state index is 16.8. The number of hydrogen-bond acceptors (Lipinski definition) is 9. The molecule has 3 N–H and O–H groups in total. The molecule has 9 nitrogen and oxygen atoms in total. The molecule has 0 spiro atoms. The van der Waals surface area contributed by atoms with Crippen LogP contribution < -0.4 is 25.4 Å². The Morgan fingerprint density at radius 2 is 1.77 bits per heavy atom. The fourth-order valence-corrected chi connectivity index (χ4v) is 7.75. The molecule has 7 rings (SSSR count). The molecule has 4 fully saturated rings. The van der Waals surface area contributed by atoms with Gasteiger partial charge in [0.15, 0.2) is 5.82 Å². The molecule has 4 saturated heterocycles. The lowest BCUT2D eigenvalue weighted by Crippen LogP contribution is -2.51. The van der Waals surface area contributed by atoms with Gasteiger partial charge in [-0.15, -0.1) is 13.2 Å². The summed E-state index contributed by atoms with van der Waals surface area (Å²) in [6.07, 6.45) is -8.29. The number of pyridine rings is 1. The lowest BCUT2D eigenvalue weighted by molar-refractivity contribution is -0.274. The zero-order valence-corrected chi connectivity index (χ0v) is 25.1. The van der Waals surface area contributed by atoms with Crippen molar-refractivity contribution in [2.75, 3.05) is 43.4 Å². The summed E-state index contributed by atoms with van der Waals surface area (Å²) in [5, 5.41) is 3.20. The van der Waals surface area contributed by atoms with E-state index in [0.717, 1.165) is 38.3 Å². The van der Waals surface area contributed by atoms with Crippen LogP contribution in [0.2, 0.25) is 0 Å². The first-order chi connectivity index (χ1) is 22.1. The van der Waals surface area contributed by atoms with Crippen molar-refractivity contribution < 1.29 is 44.6 Å². The summed E-state index contributed by atoms with van der Waals surface area (Å²) in [7, 11) is 0. The zero-order valence-electron chi connectivity index (χ0n) is 25.1. The van der Waals surface area contributed by atoms with Crippen molar-refractivity contribution >= 4 is 22.5 Å². The van der Waals surface area contributed by atoms with Crippen LogP contribution in [0.1, 0.15) is 43.2 Å². The first-order valence-corrected chi connectivity index (χ1v) is 15.3. The van der Waals surface area contributed by atoms with Gasteiger partial charge in [-0.1, -0.05) is 0 Å². The molecule has 0 amide bonds. The molecule has 2 bridgehead atoms. The summed E-state index contributed by atoms with van der Waals surface area (Å²) >= 11 is 0. The van der Waals surface area contributed by atoms with Crippen LogP contribution in [0.15, 0.2) is 12.1 Å². The molecule has 0 saturated carbocycles. The number of halogens is 8. The van der Waals surface area contributed by atoms with Gasteiger partial charge < -0.3 is 25.4 Å². The standard InChI is InChI=1S/C30H31F8N7O2/c1-14-7-20(39)41-25(22(14)29(33,34)35)21-19(47-30(36,37)38)8-18-24(23(21)32)42-27(43-26(18)44-11-16-3-4-17(12-44)40-16)46-13-28-5-2-6-45(28)10-15(31)9-28/h7-8,15-17,40H,2-6,9-13H2,1H3,(H2,39,41)/t15-,16?,17?,28+/m1/s1. The molecule has 1 aromatic carbocycles. The van der Waals surface area contributed by atoms with E-state index in [1.165, 1.54) is 0 Å². The summed E-state index contributed by atoms with van der Waals surface area (Å²) in [6.45, 7) is 2.65. The molecule has 17 heteroatoms. The predicted octanol–water partition coefficient (Wildman–Crippen LogP) is 5.53. The average molecular weight is 674 g/mol. The van der Waals surface area contributed by atoms with Gasteiger partial charge in [0.2, 0.25) is 0 Å². The number of benzene rings is 1. The van der Waals surface area contributed by atoms with Crippen molar-refractivity contribution in [1.82, 2.24) is 25.2 Å². The van der Waals surface area contributed by atoms with Crippen LogP contribution in [-0.2, 0) is 6.18 Å². The van der Waals surface area contributed by atoms with Crippen LogP contribution in [0, 0.1) is 12.7 Å². The van der Waals surface area contributed by atoms with Gasteiger partial charge in [0.05, 0.1) is 22.4 Å². The van der Waals surface area contributed by atoms with Gasteiger partial charge in [-0.05, 0) is 56.8 Å². The Kier molecular flexibility index (Phi) is 7.57. The molecule has 4 atom stereocenters. The topological polar surface area (TPSA) is 102 Å². The minimum Gasteiger partial charge on any atom is -0.461 e. The van der Waals surface area contributed by atoms with E-state index in [1.807, 2.05) is 4.90 Å². The highest BCUT2D eigenvalue weighted by atomic mass is 19.4. The Hall–Kier alpha value is -3.73. The number of nitrogens with one attached hydrogen (secondary N) is 1. The van der Waals surface area contributed by atoms with Crippen molar-refractivity contribution in [3.63, 3.8) is 0 Å². The first-order valence-electron chi connectivity index (χ1n) is 15.3. The highest BCUT2D eigenvalue weighted by Crippen LogP contribution is 2.47. The first kappa shape index (κ1) is 31.8. The van der Waals surface area contributed by atoms with E-state index in [1.54, 1.807) is 4.90 Å². The van der Waals surface area contributed by atoms with Crippen molar-refractivity contribution in [2.24, 2.45) is 0 Å². The molecule has 0 radical (unpaired) electrons. The second-order valence-electron chi connectivity index (χ2n) is 12.8. The number of nitrogens with two attached hydrogens (primary N) is 1. The molecule has 0 aliphatic carbocycles. The fourth-order valence-electron chi connectivity index (χ4n) is 7.75. The predicted molar refractivity (Wildman–Crippen MR) is 154 cm³/mol. The summed E-state index contributed by atoms with van der Waals surface area (Å²) < 4.78 is 126. The number of aryl methyl sites for hydroxylation is 1. The number of anilines is 2. The number of nitrogens with zero attached hydrogens (tertiary/aromatic N) is 5. The van der Waals surface area contributed by atoms with E-state index < -0.39 is 69.5 Å². The van der Waals surface area contributed by atoms with Gasteiger partial charge in [0.25, 0.3) is 0 Å². The van der Waals surface area contributed by atoms with Crippen molar-refractivity contribution in [3.05, 3.63) is 29.1 Å². The number of hydrogen-bond donors (Lipinski definition) is 2. The molecule has 4 aliphatic rings. The summed E-state index contributed by atoms with van der Waals surface area (Å²) in [6, 6.07) is 1.38. The second kappa shape index (κ2) is 11.2. The minimum absolute atomic E-state index is 0.0258. The van der Waals surface area contributed by atoms with Gasteiger partial charge >= 0.3 is 18.5 Å². The number of rotatable bonds is 6. The minimum atomic E-state index is -5.41. The SMILES string of the molecule is Cc1cc(N)nc(-c2c(OC(F)(F)F)cc3c(N4CC5CCC(C4)N5)nc(OC[C@@]45CCCN4C[C@H](F)C5)nc3c2F)c1C(F)(F)F. The molecule has 254 valence electrons. The summed E-state index contributed by atoms with van der Waals surface area (Å²) in [4.78, 5) is 16.1. The van der Waals surface area contributed by atoms with Gasteiger partial charge in [-0.3, -0.25) is 4.90 Å². The summed E-state index contributed by atoms with van der Waals surface area (Å²) in [5.74, 6) is -3.26. The third-order valence-electron chi connectivity index (χ3n) is 9.58. The lowest BCUT2D eigenvalue weighted by atomic mass is 9.95. The fraction of sp³-hybridized carbons (Fsp3) is 0.567. The van der Waals surface area contributed by atoms with Crippen molar-refractivity contribution in [3.8, 4) is 23.0 Å². The van der Waals surface area contributed by atoms with Crippen LogP contribution in [-0.4, -0.2) is 82.8 Å². The average Bonchev–Trinajstić information content (AvgIpc) is 3.60. The van der Waals surface area contributed by atoms with Crippen LogP contribution in [0.4, 0.5) is 46.8 Å². The lowest BCUT2D eigenvalue weighted by Gasteiger charge is -2.35. The molecular weight excluding hydrogens is 642 g/mol. The monoisotopic (exact) mass is 673 g/mol. The van der Waals surface area contributed by atoms with E-state index in [9.17, 15) is 30.7 Å². The number of alkyl halides is 7. The largest absolute Gasteiger partial charge is 0.573 e. The van der Waals surface area contributed by atoms with Gasteiger partial charge in [-0.2, -0.15) is 23.1 Å². The molecule has 3 aromatic rings. The highest BCUT2D eigenvalue weighted by Gasteiger charge is 2.49. The Labute approximate surface area is 263 Å². The Bertz CT molecular complexity index is 1710. The number of aromatic nitrogens is 3. The maximum Gasteiger partial charge on any atom is 0.573 e. The third-order valence-corrected chi connectivity index (χ3v) is 9.58. The number of ether oxygens (including phenoxy) is 2. The molecule has 4 aliphatic heterocycles. The normalized spacial score (nSPS) is 26.3. The Morgan fingerprint density at radius 1 is 1.04 bits per heavy atom. The molecule has 2 unspecified atom stereocenters. The number of fused-ring (bicyclic) bond motifs is 4. The highest BCUT2D eigenvalue weighted by molar-refractivity contribution is 5.96. The maximum absolute atomic E-state index is 16.8. The zero-order chi connectivity index (χ0) is 33.5. The molecular formula is C30H31F8N7O2. The third kappa shape index (κ3) is 5.85. The van der Waals surface area contributed by atoms with E-state index in [0.29, 0.717) is 26.1 Å². The number of piperazine rings is 1. The summed E-state index contributed by atoms with van der Waals surface area (Å²) in [5.41, 5.74) is 0.133. The Balaban J connectivity index is 1.43. The smallest absolute Gasteiger partial charge is 0.461 e. The molecule has 6 heterocycles. The van der Waals surface area contributed by atoms with Crippen LogP contribution in [0.5, 0.6) is 11.8 Å². The van der Waals surface area contributed by atoms with Crippen LogP contribution >= 0.6 is 0 Å². The van der Waals surface area contributed by atoms with E-state index >= 15 is 4.39 Å². The van der Waals surface area contributed by atoms with Crippen molar-refractivity contribution in [1.29, 1.82) is 0 Å². The Morgan fingerprint density at radius 3 is 2.45 bits per heavy atom.